The number of aryl methyl sites for hydroxylation is 2. The third-order valence-corrected chi connectivity index (χ3v) is 4.95. The molecule has 3 rings (SSSR count). The number of carbonyl (C=O) groups is 1. The summed E-state index contributed by atoms with van der Waals surface area (Å²) in [4.78, 5) is 25.9. The third-order valence-electron chi connectivity index (χ3n) is 4.95. The summed E-state index contributed by atoms with van der Waals surface area (Å²) in [5.41, 5.74) is 4.68. The van der Waals surface area contributed by atoms with Gasteiger partial charge < -0.3 is 9.88 Å². The molecule has 4 nitrogen and oxygen atoms in total. The van der Waals surface area contributed by atoms with E-state index >= 15 is 0 Å². The number of nitrogens with zero attached hydrogens (tertiary/aromatic N) is 1. The Balaban J connectivity index is 2.07. The van der Waals surface area contributed by atoms with Gasteiger partial charge in [-0.3, -0.25) is 9.59 Å². The van der Waals surface area contributed by atoms with Crippen LogP contribution in [0, 0.1) is 19.8 Å². The average molecular weight is 389 g/mol. The van der Waals surface area contributed by atoms with E-state index in [1.54, 1.807) is 6.07 Å². The quantitative estimate of drug-likeness (QED) is 0.648. The lowest BCUT2D eigenvalue weighted by Crippen LogP contribution is -2.29. The molecule has 150 valence electrons. The summed E-state index contributed by atoms with van der Waals surface area (Å²) in [6.45, 7) is 8.81. The van der Waals surface area contributed by atoms with Crippen molar-refractivity contribution in [1.82, 2.24) is 4.57 Å². The first-order valence-corrected chi connectivity index (χ1v) is 10.0. The molecule has 0 saturated carbocycles. The number of aromatic nitrogens is 1. The number of para-hydroxylation sites is 1. The van der Waals surface area contributed by atoms with Gasteiger partial charge in [0.25, 0.3) is 5.91 Å². The van der Waals surface area contributed by atoms with Gasteiger partial charge in [0.05, 0.1) is 0 Å². The third kappa shape index (κ3) is 5.02. The molecular formula is C25H28N2O2. The van der Waals surface area contributed by atoms with E-state index in [-0.39, 0.29) is 16.9 Å². The van der Waals surface area contributed by atoms with E-state index in [1.807, 2.05) is 37.3 Å². The maximum absolute atomic E-state index is 13.1. The summed E-state index contributed by atoms with van der Waals surface area (Å²) in [5.74, 6) is -0.0433. The Morgan fingerprint density at radius 3 is 2.28 bits per heavy atom. The number of hydrogen-bond donors (Lipinski definition) is 1. The van der Waals surface area contributed by atoms with E-state index < -0.39 is 0 Å². The lowest BCUT2D eigenvalue weighted by atomic mass is 10.00. The van der Waals surface area contributed by atoms with E-state index in [0.29, 0.717) is 24.6 Å². The van der Waals surface area contributed by atoms with Crippen molar-refractivity contribution in [2.24, 2.45) is 5.92 Å². The zero-order valence-electron chi connectivity index (χ0n) is 17.5. The molecule has 0 atom stereocenters. The fraction of sp³-hybridized carbons (Fsp3) is 0.280. The molecule has 29 heavy (non-hydrogen) atoms. The van der Waals surface area contributed by atoms with Gasteiger partial charge in [0.2, 0.25) is 0 Å². The molecule has 0 fully saturated rings. The average Bonchev–Trinajstić information content (AvgIpc) is 2.66. The zero-order valence-corrected chi connectivity index (χ0v) is 17.5. The number of anilines is 1. The van der Waals surface area contributed by atoms with Gasteiger partial charge >= 0.3 is 0 Å². The highest BCUT2D eigenvalue weighted by atomic mass is 16.2. The molecule has 1 N–H and O–H groups in total. The number of hydrogen-bond acceptors (Lipinski definition) is 2. The van der Waals surface area contributed by atoms with Gasteiger partial charge in [0.15, 0.2) is 5.43 Å². The van der Waals surface area contributed by atoms with Crippen LogP contribution in [-0.4, -0.2) is 10.5 Å². The standard InChI is InChI=1S/C25H28N2O2/c1-17(2)14-22-24(25(29)26-21-8-6-5-7-9-21)23(28)15-19(4)27(22)16-20-12-10-18(3)11-13-20/h5-13,15,17H,14,16H2,1-4H3,(H,26,29). The molecule has 3 aromatic rings. The van der Waals surface area contributed by atoms with Crippen LogP contribution in [-0.2, 0) is 13.0 Å². The Kier molecular flexibility index (Phi) is 6.32. The minimum absolute atomic E-state index is 0.230. The summed E-state index contributed by atoms with van der Waals surface area (Å²) in [6.07, 6.45) is 0.653. The molecule has 0 bridgehead atoms. The Labute approximate surface area is 172 Å². The molecule has 1 heterocycles. The number of rotatable bonds is 6. The van der Waals surface area contributed by atoms with Crippen LogP contribution in [0.15, 0.2) is 65.5 Å². The summed E-state index contributed by atoms with van der Waals surface area (Å²) < 4.78 is 2.10. The molecule has 0 radical (unpaired) electrons. The summed E-state index contributed by atoms with van der Waals surface area (Å²) in [5, 5.41) is 2.88. The molecule has 0 spiro atoms. The van der Waals surface area contributed by atoms with Crippen LogP contribution >= 0.6 is 0 Å². The second kappa shape index (κ2) is 8.91. The van der Waals surface area contributed by atoms with E-state index in [9.17, 15) is 9.59 Å². The summed E-state index contributed by atoms with van der Waals surface area (Å²) in [7, 11) is 0. The molecular weight excluding hydrogens is 360 g/mol. The predicted molar refractivity (Wildman–Crippen MR) is 119 cm³/mol. The highest BCUT2D eigenvalue weighted by Crippen LogP contribution is 2.18. The van der Waals surface area contributed by atoms with Crippen molar-refractivity contribution in [2.75, 3.05) is 5.32 Å². The van der Waals surface area contributed by atoms with Crippen molar-refractivity contribution in [3.8, 4) is 0 Å². The summed E-state index contributed by atoms with van der Waals surface area (Å²) in [6, 6.07) is 19.2. The second-order valence-corrected chi connectivity index (χ2v) is 7.96. The van der Waals surface area contributed by atoms with Crippen LogP contribution in [0.2, 0.25) is 0 Å². The van der Waals surface area contributed by atoms with Crippen molar-refractivity contribution in [1.29, 1.82) is 0 Å². The van der Waals surface area contributed by atoms with Crippen LogP contribution in [0.25, 0.3) is 0 Å². The van der Waals surface area contributed by atoms with Crippen molar-refractivity contribution in [3.05, 3.63) is 99.0 Å². The normalized spacial score (nSPS) is 10.9. The zero-order chi connectivity index (χ0) is 21.0. The van der Waals surface area contributed by atoms with Gasteiger partial charge in [-0.2, -0.15) is 0 Å². The Hall–Kier alpha value is -3.14. The number of amides is 1. The minimum atomic E-state index is -0.352. The minimum Gasteiger partial charge on any atom is -0.343 e. The number of carbonyl (C=O) groups excluding carboxylic acids is 1. The SMILES string of the molecule is Cc1ccc(Cn2c(C)cc(=O)c(C(=O)Nc3ccccc3)c2CC(C)C)cc1. The number of benzene rings is 2. The second-order valence-electron chi connectivity index (χ2n) is 7.96. The maximum atomic E-state index is 13.1. The molecule has 0 aliphatic heterocycles. The first kappa shape index (κ1) is 20.6. The van der Waals surface area contributed by atoms with Gasteiger partial charge in [-0.1, -0.05) is 61.9 Å². The molecule has 0 unspecified atom stereocenters. The van der Waals surface area contributed by atoms with Gasteiger partial charge in [0.1, 0.15) is 5.56 Å². The lowest BCUT2D eigenvalue weighted by molar-refractivity contribution is 0.102. The van der Waals surface area contributed by atoms with Crippen LogP contribution in [0.1, 0.15) is 46.7 Å². The number of pyridine rings is 1. The Morgan fingerprint density at radius 1 is 1.00 bits per heavy atom. The van der Waals surface area contributed by atoms with Gasteiger partial charge in [0, 0.05) is 29.7 Å². The number of nitrogens with one attached hydrogen (secondary N) is 1. The van der Waals surface area contributed by atoms with Crippen molar-refractivity contribution < 1.29 is 4.79 Å². The van der Waals surface area contributed by atoms with Crippen LogP contribution < -0.4 is 10.7 Å². The molecule has 4 heteroatoms. The molecule has 1 amide bonds. The molecule has 0 aliphatic rings. The van der Waals surface area contributed by atoms with Crippen LogP contribution in [0.5, 0.6) is 0 Å². The fourth-order valence-electron chi connectivity index (χ4n) is 3.48. The van der Waals surface area contributed by atoms with Gasteiger partial charge in [-0.15, -0.1) is 0 Å². The Bertz CT molecular complexity index is 1050. The summed E-state index contributed by atoms with van der Waals surface area (Å²) >= 11 is 0. The van der Waals surface area contributed by atoms with Crippen molar-refractivity contribution in [3.63, 3.8) is 0 Å². The molecule has 0 saturated heterocycles. The maximum Gasteiger partial charge on any atom is 0.261 e. The fourth-order valence-corrected chi connectivity index (χ4v) is 3.48. The highest BCUT2D eigenvalue weighted by Gasteiger charge is 2.21. The first-order valence-electron chi connectivity index (χ1n) is 10.0. The Morgan fingerprint density at radius 2 is 1.66 bits per heavy atom. The first-order chi connectivity index (χ1) is 13.8. The monoisotopic (exact) mass is 388 g/mol. The highest BCUT2D eigenvalue weighted by molar-refractivity contribution is 6.05. The van der Waals surface area contributed by atoms with E-state index in [4.69, 9.17) is 0 Å². The molecule has 1 aromatic heterocycles. The molecule has 2 aromatic carbocycles. The largest absolute Gasteiger partial charge is 0.343 e. The smallest absolute Gasteiger partial charge is 0.261 e. The van der Waals surface area contributed by atoms with Crippen LogP contribution in [0.4, 0.5) is 5.69 Å². The van der Waals surface area contributed by atoms with Crippen molar-refractivity contribution >= 4 is 11.6 Å². The topological polar surface area (TPSA) is 51.1 Å². The predicted octanol–water partition coefficient (Wildman–Crippen LogP) is 4.96. The van der Waals surface area contributed by atoms with Crippen molar-refractivity contribution in [2.45, 2.75) is 40.7 Å². The van der Waals surface area contributed by atoms with E-state index in [2.05, 4.69) is 54.9 Å². The van der Waals surface area contributed by atoms with E-state index in [0.717, 1.165) is 17.0 Å². The van der Waals surface area contributed by atoms with E-state index in [1.165, 1.54) is 5.56 Å². The van der Waals surface area contributed by atoms with Gasteiger partial charge in [-0.25, -0.2) is 0 Å². The van der Waals surface area contributed by atoms with Crippen LogP contribution in [0.3, 0.4) is 0 Å². The van der Waals surface area contributed by atoms with Gasteiger partial charge in [-0.05, 0) is 43.9 Å². The molecule has 0 aliphatic carbocycles. The lowest BCUT2D eigenvalue weighted by Gasteiger charge is -2.21.